The van der Waals surface area contributed by atoms with E-state index < -0.39 is 34.6 Å². The quantitative estimate of drug-likeness (QED) is 0.850. The number of carbonyl (C=O) groups excluding carboxylic acids is 1. The average Bonchev–Trinajstić information content (AvgIpc) is 2.41. The van der Waals surface area contributed by atoms with E-state index in [-0.39, 0.29) is 0 Å². The summed E-state index contributed by atoms with van der Waals surface area (Å²) < 4.78 is 52.1. The molecule has 0 saturated carbocycles. The maximum Gasteiger partial charge on any atom is 0.417 e. The number of alkyl halides is 3. The molecule has 0 spiro atoms. The van der Waals surface area contributed by atoms with E-state index in [2.05, 4.69) is 10.2 Å². The van der Waals surface area contributed by atoms with E-state index in [1.165, 1.54) is 0 Å². The van der Waals surface area contributed by atoms with E-state index >= 15 is 0 Å². The summed E-state index contributed by atoms with van der Waals surface area (Å²) in [6.45, 7) is 3.28. The van der Waals surface area contributed by atoms with Crippen LogP contribution in [0.25, 0.3) is 0 Å². The van der Waals surface area contributed by atoms with Crippen molar-refractivity contribution >= 4 is 5.91 Å². The van der Waals surface area contributed by atoms with Crippen LogP contribution in [-0.4, -0.2) is 36.5 Å². The Hall–Kier alpha value is -1.63. The average molecular weight is 318 g/mol. The van der Waals surface area contributed by atoms with Crippen LogP contribution in [0.15, 0.2) is 18.2 Å². The number of carbonyl (C=O) groups is 1. The lowest BCUT2D eigenvalue weighted by atomic mass is 9.89. The van der Waals surface area contributed by atoms with Gasteiger partial charge in [0.1, 0.15) is 5.82 Å². The molecule has 1 N–H and O–H groups in total. The van der Waals surface area contributed by atoms with Gasteiger partial charge >= 0.3 is 6.18 Å². The summed E-state index contributed by atoms with van der Waals surface area (Å²) in [6, 6.07) is 1.94. The van der Waals surface area contributed by atoms with E-state index in [0.717, 1.165) is 13.1 Å². The molecule has 0 bridgehead atoms. The van der Waals surface area contributed by atoms with Crippen LogP contribution in [0.3, 0.4) is 0 Å². The second-order valence-corrected chi connectivity index (χ2v) is 6.01. The Labute approximate surface area is 126 Å². The predicted molar refractivity (Wildman–Crippen MR) is 74.0 cm³/mol. The number of hydrogen-bond acceptors (Lipinski definition) is 2. The van der Waals surface area contributed by atoms with Crippen LogP contribution >= 0.6 is 0 Å². The fraction of sp³-hybridized carbons (Fsp3) is 0.533. The summed E-state index contributed by atoms with van der Waals surface area (Å²) in [7, 11) is 1.94. The van der Waals surface area contributed by atoms with E-state index in [1.54, 1.807) is 6.92 Å². The number of rotatable bonds is 2. The molecule has 22 heavy (non-hydrogen) atoms. The molecule has 0 aliphatic carbocycles. The molecular formula is C15H18F4N2O. The van der Waals surface area contributed by atoms with Crippen molar-refractivity contribution in [1.29, 1.82) is 0 Å². The Morgan fingerprint density at radius 1 is 1.27 bits per heavy atom. The molecule has 0 aromatic heterocycles. The number of piperidine rings is 1. The van der Waals surface area contributed by atoms with Crippen molar-refractivity contribution in [2.45, 2.75) is 31.5 Å². The number of nitrogens with one attached hydrogen (secondary N) is 1. The fourth-order valence-corrected chi connectivity index (χ4v) is 2.53. The third-order valence-corrected chi connectivity index (χ3v) is 4.04. The highest BCUT2D eigenvalue weighted by molar-refractivity contribution is 5.96. The molecule has 1 heterocycles. The molecule has 7 heteroatoms. The number of nitrogens with zero attached hydrogens (tertiary/aromatic N) is 1. The van der Waals surface area contributed by atoms with Crippen LogP contribution in [0.5, 0.6) is 0 Å². The minimum Gasteiger partial charge on any atom is -0.347 e. The first-order valence-electron chi connectivity index (χ1n) is 6.98. The van der Waals surface area contributed by atoms with Gasteiger partial charge in [-0.05, 0) is 45.0 Å². The second kappa shape index (κ2) is 5.87. The summed E-state index contributed by atoms with van der Waals surface area (Å²) >= 11 is 0. The minimum atomic E-state index is -4.70. The van der Waals surface area contributed by atoms with Gasteiger partial charge in [-0.15, -0.1) is 0 Å². The first-order chi connectivity index (χ1) is 10.1. The first kappa shape index (κ1) is 16.7. The Morgan fingerprint density at radius 2 is 1.86 bits per heavy atom. The molecule has 1 aliphatic heterocycles. The van der Waals surface area contributed by atoms with E-state index in [9.17, 15) is 22.4 Å². The SMILES string of the molecule is CN1CCC(C)(NC(=O)c2cc(F)ccc2C(F)(F)F)CC1. The largest absolute Gasteiger partial charge is 0.417 e. The number of hydrogen-bond donors (Lipinski definition) is 1. The summed E-state index contributed by atoms with van der Waals surface area (Å²) in [5, 5.41) is 2.64. The number of amides is 1. The third-order valence-electron chi connectivity index (χ3n) is 4.04. The van der Waals surface area contributed by atoms with Crippen molar-refractivity contribution in [3.05, 3.63) is 35.1 Å². The Balaban J connectivity index is 2.24. The Morgan fingerprint density at radius 3 is 2.41 bits per heavy atom. The molecule has 1 amide bonds. The maximum atomic E-state index is 13.3. The van der Waals surface area contributed by atoms with Crippen LogP contribution in [0.2, 0.25) is 0 Å². The Bertz CT molecular complexity index is 563. The molecule has 0 atom stereocenters. The highest BCUT2D eigenvalue weighted by Crippen LogP contribution is 2.33. The molecule has 0 radical (unpaired) electrons. The lowest BCUT2D eigenvalue weighted by Gasteiger charge is -2.38. The lowest BCUT2D eigenvalue weighted by Crippen LogP contribution is -2.52. The Kier molecular flexibility index (Phi) is 4.47. The third kappa shape index (κ3) is 3.76. The van der Waals surface area contributed by atoms with E-state index in [1.807, 2.05) is 7.05 Å². The minimum absolute atomic E-state index is 0.585. The summed E-state index contributed by atoms with van der Waals surface area (Å²) in [5.74, 6) is -1.76. The van der Waals surface area contributed by atoms with Crippen LogP contribution in [0.4, 0.5) is 17.6 Å². The van der Waals surface area contributed by atoms with E-state index in [0.29, 0.717) is 31.0 Å². The van der Waals surface area contributed by atoms with Gasteiger partial charge in [0.2, 0.25) is 0 Å². The standard InChI is InChI=1S/C15H18F4N2O/c1-14(5-7-21(2)8-6-14)20-13(22)11-9-10(16)3-4-12(11)15(17,18)19/h3-4,9H,5-8H2,1-2H3,(H,20,22). The van der Waals surface area contributed by atoms with Crippen LogP contribution in [0.1, 0.15) is 35.7 Å². The monoisotopic (exact) mass is 318 g/mol. The van der Waals surface area contributed by atoms with Gasteiger partial charge in [0.05, 0.1) is 11.1 Å². The summed E-state index contributed by atoms with van der Waals surface area (Å²) in [6.07, 6.45) is -3.44. The highest BCUT2D eigenvalue weighted by Gasteiger charge is 2.37. The van der Waals surface area contributed by atoms with Gasteiger partial charge in [0.25, 0.3) is 5.91 Å². The molecular weight excluding hydrogens is 300 g/mol. The molecule has 3 nitrogen and oxygen atoms in total. The molecule has 1 aliphatic rings. The van der Waals surface area contributed by atoms with Crippen LogP contribution in [0, 0.1) is 5.82 Å². The van der Waals surface area contributed by atoms with Crippen LogP contribution < -0.4 is 5.32 Å². The van der Waals surface area contributed by atoms with Crippen molar-refractivity contribution in [2.24, 2.45) is 0 Å². The smallest absolute Gasteiger partial charge is 0.347 e. The normalized spacial score (nSPS) is 19.0. The van der Waals surface area contributed by atoms with E-state index in [4.69, 9.17) is 0 Å². The van der Waals surface area contributed by atoms with Gasteiger partial charge in [-0.25, -0.2) is 4.39 Å². The summed E-state index contributed by atoms with van der Waals surface area (Å²) in [5.41, 5.74) is -2.38. The summed E-state index contributed by atoms with van der Waals surface area (Å²) in [4.78, 5) is 14.3. The lowest BCUT2D eigenvalue weighted by molar-refractivity contribution is -0.138. The van der Waals surface area contributed by atoms with Crippen LogP contribution in [-0.2, 0) is 6.18 Å². The zero-order valence-electron chi connectivity index (χ0n) is 12.4. The number of halogens is 4. The molecule has 122 valence electrons. The molecule has 2 rings (SSSR count). The number of benzene rings is 1. The van der Waals surface area contributed by atoms with Crippen molar-refractivity contribution in [1.82, 2.24) is 10.2 Å². The topological polar surface area (TPSA) is 32.3 Å². The van der Waals surface area contributed by atoms with Gasteiger partial charge in [-0.2, -0.15) is 13.2 Å². The van der Waals surface area contributed by atoms with Gasteiger partial charge in [0, 0.05) is 18.6 Å². The molecule has 1 fully saturated rings. The first-order valence-corrected chi connectivity index (χ1v) is 6.98. The second-order valence-electron chi connectivity index (χ2n) is 6.01. The van der Waals surface area contributed by atoms with Crippen molar-refractivity contribution < 1.29 is 22.4 Å². The van der Waals surface area contributed by atoms with Gasteiger partial charge in [0.15, 0.2) is 0 Å². The molecule has 0 unspecified atom stereocenters. The van der Waals surface area contributed by atoms with Crippen molar-refractivity contribution in [3.63, 3.8) is 0 Å². The van der Waals surface area contributed by atoms with Crippen molar-refractivity contribution in [2.75, 3.05) is 20.1 Å². The highest BCUT2D eigenvalue weighted by atomic mass is 19.4. The molecule has 1 aromatic rings. The van der Waals surface area contributed by atoms with Crippen molar-refractivity contribution in [3.8, 4) is 0 Å². The fourth-order valence-electron chi connectivity index (χ4n) is 2.53. The molecule has 1 aromatic carbocycles. The predicted octanol–water partition coefficient (Wildman–Crippen LogP) is 3.06. The molecule has 1 saturated heterocycles. The zero-order chi connectivity index (χ0) is 16.5. The van der Waals surface area contributed by atoms with Gasteiger partial charge in [-0.3, -0.25) is 4.79 Å². The number of likely N-dealkylation sites (tertiary alicyclic amines) is 1. The van der Waals surface area contributed by atoms with Gasteiger partial charge < -0.3 is 10.2 Å². The zero-order valence-corrected chi connectivity index (χ0v) is 12.4. The maximum absolute atomic E-state index is 13.3. The van der Waals surface area contributed by atoms with Gasteiger partial charge in [-0.1, -0.05) is 0 Å².